The van der Waals surface area contributed by atoms with Gasteiger partial charge in [-0.1, -0.05) is 34.1 Å². The number of anilines is 1. The molecule has 0 aliphatic rings. The maximum Gasteiger partial charge on any atom is 0.128 e. The Morgan fingerprint density at radius 2 is 1.94 bits per heavy atom. The van der Waals surface area contributed by atoms with Crippen LogP contribution in [0, 0.1) is 19.7 Å². The van der Waals surface area contributed by atoms with E-state index < -0.39 is 0 Å². The molecule has 0 spiro atoms. The van der Waals surface area contributed by atoms with Crippen molar-refractivity contribution in [3.63, 3.8) is 0 Å². The van der Waals surface area contributed by atoms with E-state index in [9.17, 15) is 4.39 Å². The molecule has 94 valence electrons. The van der Waals surface area contributed by atoms with Crippen molar-refractivity contribution in [2.24, 2.45) is 0 Å². The summed E-state index contributed by atoms with van der Waals surface area (Å²) in [5.74, 6) is -0.178. The lowest BCUT2D eigenvalue weighted by atomic mass is 10.1. The van der Waals surface area contributed by atoms with Crippen molar-refractivity contribution in [3.8, 4) is 0 Å². The largest absolute Gasteiger partial charge is 0.381 e. The van der Waals surface area contributed by atoms with Crippen LogP contribution in [0.15, 0.2) is 40.9 Å². The molecule has 0 saturated heterocycles. The highest BCUT2D eigenvalue weighted by Gasteiger charge is 2.04. The quantitative estimate of drug-likeness (QED) is 0.857. The Kier molecular flexibility index (Phi) is 4.02. The van der Waals surface area contributed by atoms with Crippen LogP contribution in [0.4, 0.5) is 10.1 Å². The Morgan fingerprint density at radius 1 is 1.17 bits per heavy atom. The molecule has 1 nitrogen and oxygen atoms in total. The molecule has 3 heteroatoms. The van der Waals surface area contributed by atoms with Gasteiger partial charge in [0.15, 0.2) is 0 Å². The minimum absolute atomic E-state index is 0.178. The van der Waals surface area contributed by atoms with E-state index in [1.54, 1.807) is 13.0 Å². The first-order valence-corrected chi connectivity index (χ1v) is 6.61. The van der Waals surface area contributed by atoms with Crippen LogP contribution in [-0.4, -0.2) is 0 Å². The van der Waals surface area contributed by atoms with Gasteiger partial charge in [0.1, 0.15) is 5.82 Å². The average Bonchev–Trinajstić information content (AvgIpc) is 2.33. The average molecular weight is 308 g/mol. The van der Waals surface area contributed by atoms with Gasteiger partial charge in [0.25, 0.3) is 0 Å². The molecule has 0 atom stereocenters. The van der Waals surface area contributed by atoms with E-state index in [4.69, 9.17) is 0 Å². The minimum Gasteiger partial charge on any atom is -0.381 e. The van der Waals surface area contributed by atoms with Crippen molar-refractivity contribution in [2.45, 2.75) is 20.4 Å². The van der Waals surface area contributed by atoms with Gasteiger partial charge in [0.2, 0.25) is 0 Å². The van der Waals surface area contributed by atoms with Crippen molar-refractivity contribution in [1.82, 2.24) is 0 Å². The van der Waals surface area contributed by atoms with Crippen LogP contribution in [0.3, 0.4) is 0 Å². The molecular weight excluding hydrogens is 293 g/mol. The number of benzene rings is 2. The lowest BCUT2D eigenvalue weighted by Gasteiger charge is -2.11. The molecule has 0 aromatic heterocycles. The maximum absolute atomic E-state index is 13.4. The third-order valence-electron chi connectivity index (χ3n) is 2.95. The van der Waals surface area contributed by atoms with E-state index in [1.165, 1.54) is 11.6 Å². The summed E-state index contributed by atoms with van der Waals surface area (Å²) >= 11 is 3.54. The normalized spacial score (nSPS) is 10.4. The molecule has 0 bridgehead atoms. The molecular formula is C15H15BrFN. The zero-order valence-electron chi connectivity index (χ0n) is 10.4. The summed E-state index contributed by atoms with van der Waals surface area (Å²) in [6.45, 7) is 4.51. The Hall–Kier alpha value is -1.35. The van der Waals surface area contributed by atoms with Crippen molar-refractivity contribution < 1.29 is 4.39 Å². The van der Waals surface area contributed by atoms with Crippen LogP contribution < -0.4 is 5.32 Å². The fraction of sp³-hybridized carbons (Fsp3) is 0.200. The van der Waals surface area contributed by atoms with Gasteiger partial charge in [-0.2, -0.15) is 0 Å². The van der Waals surface area contributed by atoms with Crippen molar-refractivity contribution in [2.75, 3.05) is 5.32 Å². The second-order valence-electron chi connectivity index (χ2n) is 4.36. The summed E-state index contributed by atoms with van der Waals surface area (Å²) < 4.78 is 14.5. The van der Waals surface area contributed by atoms with Gasteiger partial charge >= 0.3 is 0 Å². The second kappa shape index (κ2) is 5.53. The van der Waals surface area contributed by atoms with Gasteiger partial charge in [0, 0.05) is 22.3 Å². The Bertz CT molecular complexity index is 566. The molecule has 0 amide bonds. The number of hydrogen-bond donors (Lipinski definition) is 1. The monoisotopic (exact) mass is 307 g/mol. The minimum atomic E-state index is -0.178. The molecule has 2 aromatic rings. The predicted octanol–water partition coefficient (Wildman–Crippen LogP) is 4.82. The summed E-state index contributed by atoms with van der Waals surface area (Å²) in [5.41, 5.74) is 3.86. The summed E-state index contributed by atoms with van der Waals surface area (Å²) in [6, 6.07) is 11.3. The zero-order chi connectivity index (χ0) is 13.1. The molecule has 2 aromatic carbocycles. The summed E-state index contributed by atoms with van der Waals surface area (Å²) in [5, 5.41) is 3.26. The molecule has 0 saturated carbocycles. The predicted molar refractivity (Wildman–Crippen MR) is 77.3 cm³/mol. The number of hydrogen-bond acceptors (Lipinski definition) is 1. The van der Waals surface area contributed by atoms with Crippen LogP contribution in [0.1, 0.15) is 16.7 Å². The molecule has 1 N–H and O–H groups in total. The summed E-state index contributed by atoms with van der Waals surface area (Å²) in [4.78, 5) is 0. The fourth-order valence-corrected chi connectivity index (χ4v) is 2.42. The van der Waals surface area contributed by atoms with Crippen molar-refractivity contribution in [3.05, 3.63) is 63.4 Å². The van der Waals surface area contributed by atoms with E-state index in [1.807, 2.05) is 6.07 Å². The lowest BCUT2D eigenvalue weighted by Crippen LogP contribution is -2.02. The number of rotatable bonds is 3. The highest BCUT2D eigenvalue weighted by Crippen LogP contribution is 2.22. The van der Waals surface area contributed by atoms with Crippen molar-refractivity contribution in [1.29, 1.82) is 0 Å². The third-order valence-corrected chi connectivity index (χ3v) is 3.68. The van der Waals surface area contributed by atoms with Gasteiger partial charge in [-0.05, 0) is 43.2 Å². The molecule has 0 unspecified atom stereocenters. The first-order chi connectivity index (χ1) is 8.58. The van der Waals surface area contributed by atoms with Crippen molar-refractivity contribution >= 4 is 21.6 Å². The maximum atomic E-state index is 13.4. The van der Waals surface area contributed by atoms with Crippen LogP contribution in [0.5, 0.6) is 0 Å². The molecule has 0 radical (unpaired) electrons. The topological polar surface area (TPSA) is 12.0 Å². The fourth-order valence-electron chi connectivity index (χ4n) is 1.79. The van der Waals surface area contributed by atoms with Gasteiger partial charge in [-0.15, -0.1) is 0 Å². The highest BCUT2D eigenvalue weighted by atomic mass is 79.9. The zero-order valence-corrected chi connectivity index (χ0v) is 12.0. The Morgan fingerprint density at radius 3 is 2.67 bits per heavy atom. The number of nitrogens with one attached hydrogen (secondary N) is 1. The summed E-state index contributed by atoms with van der Waals surface area (Å²) in [6.07, 6.45) is 0. The van der Waals surface area contributed by atoms with Gasteiger partial charge in [-0.25, -0.2) is 4.39 Å². The number of aryl methyl sites for hydroxylation is 1. The lowest BCUT2D eigenvalue weighted by molar-refractivity contribution is 0.619. The molecule has 18 heavy (non-hydrogen) atoms. The first kappa shape index (κ1) is 13.1. The Balaban J connectivity index is 2.14. The molecule has 2 rings (SSSR count). The van der Waals surface area contributed by atoms with Gasteiger partial charge in [0.05, 0.1) is 0 Å². The van der Waals surface area contributed by atoms with E-state index in [-0.39, 0.29) is 5.82 Å². The highest BCUT2D eigenvalue weighted by molar-refractivity contribution is 9.10. The standard InChI is InChI=1S/C15H15BrFN/c1-10-6-7-12(13(16)8-10)9-18-15-5-3-4-14(17)11(15)2/h3-8,18H,9H2,1-2H3. The summed E-state index contributed by atoms with van der Waals surface area (Å²) in [7, 11) is 0. The van der Waals surface area contributed by atoms with E-state index in [2.05, 4.69) is 46.4 Å². The first-order valence-electron chi connectivity index (χ1n) is 5.82. The molecule has 0 heterocycles. The second-order valence-corrected chi connectivity index (χ2v) is 5.22. The SMILES string of the molecule is Cc1ccc(CNc2cccc(F)c2C)c(Br)c1. The molecule has 0 fully saturated rings. The van der Waals surface area contributed by atoms with E-state index in [0.29, 0.717) is 12.1 Å². The van der Waals surface area contributed by atoms with E-state index >= 15 is 0 Å². The van der Waals surface area contributed by atoms with Gasteiger partial charge < -0.3 is 5.32 Å². The van der Waals surface area contributed by atoms with Crippen LogP contribution in [-0.2, 0) is 6.54 Å². The van der Waals surface area contributed by atoms with Crippen LogP contribution in [0.2, 0.25) is 0 Å². The molecule has 0 aliphatic heterocycles. The Labute approximate surface area is 115 Å². The van der Waals surface area contributed by atoms with Crippen LogP contribution in [0.25, 0.3) is 0 Å². The van der Waals surface area contributed by atoms with Gasteiger partial charge in [-0.3, -0.25) is 0 Å². The number of halogens is 2. The third kappa shape index (κ3) is 2.91. The molecule has 0 aliphatic carbocycles. The smallest absolute Gasteiger partial charge is 0.128 e. The van der Waals surface area contributed by atoms with E-state index in [0.717, 1.165) is 15.7 Å². The van der Waals surface area contributed by atoms with Crippen LogP contribution >= 0.6 is 15.9 Å².